The largest absolute Gasteiger partial charge is 0.497 e. The van der Waals surface area contributed by atoms with Crippen LogP contribution >= 0.6 is 23.2 Å². The zero-order chi connectivity index (χ0) is 35.6. The van der Waals surface area contributed by atoms with Crippen LogP contribution in [0, 0.1) is 5.82 Å². The molecular weight excluding hydrogens is 676 g/mol. The van der Waals surface area contributed by atoms with Crippen molar-refractivity contribution in [2.75, 3.05) is 38.5 Å². The molecule has 12 nitrogen and oxygen atoms in total. The number of rotatable bonds is 12. The van der Waals surface area contributed by atoms with Gasteiger partial charge in [-0.25, -0.2) is 18.9 Å². The second-order valence-corrected chi connectivity index (χ2v) is 12.4. The number of halogens is 3. The van der Waals surface area contributed by atoms with Crippen molar-refractivity contribution in [2.45, 2.75) is 32.4 Å². The van der Waals surface area contributed by atoms with Crippen molar-refractivity contribution in [3.05, 3.63) is 115 Å². The number of nitrogens with one attached hydrogen (secondary N) is 1. The summed E-state index contributed by atoms with van der Waals surface area (Å²) in [6, 6.07) is 11.6. The van der Waals surface area contributed by atoms with Crippen LogP contribution in [0.5, 0.6) is 11.6 Å². The molecule has 0 bridgehead atoms. The van der Waals surface area contributed by atoms with E-state index in [2.05, 4.69) is 20.4 Å². The third-order valence-corrected chi connectivity index (χ3v) is 8.20. The van der Waals surface area contributed by atoms with E-state index in [4.69, 9.17) is 32.7 Å². The summed E-state index contributed by atoms with van der Waals surface area (Å²) in [6.45, 7) is 3.88. The normalized spacial score (nSPS) is 11.8. The number of carboxylic acid groups (broad SMARTS) is 1. The van der Waals surface area contributed by atoms with Gasteiger partial charge in [0.1, 0.15) is 22.9 Å². The SMILES string of the molecule is COc1ccc(Cn2cc(Cl)cc(NC(c3ccc(Cl)c(F)c3)c3c(C(=O)O)nn(-c4cnc(N(C)C)nc4OC)c3C(C)C)c2=O)cc1. The van der Waals surface area contributed by atoms with Crippen LogP contribution in [0.15, 0.2) is 65.7 Å². The number of aromatic nitrogens is 5. The fourth-order valence-corrected chi connectivity index (χ4v) is 5.75. The summed E-state index contributed by atoms with van der Waals surface area (Å²) in [5.74, 6) is -1.29. The Hall–Kier alpha value is -5.14. The lowest BCUT2D eigenvalue weighted by molar-refractivity contribution is 0.0688. The van der Waals surface area contributed by atoms with Crippen molar-refractivity contribution < 1.29 is 23.8 Å². The van der Waals surface area contributed by atoms with Crippen LogP contribution in [0.2, 0.25) is 10.0 Å². The summed E-state index contributed by atoms with van der Waals surface area (Å²) in [4.78, 5) is 37.4. The van der Waals surface area contributed by atoms with Gasteiger partial charge in [-0.15, -0.1) is 0 Å². The number of methoxy groups -OCH3 is 2. The fourth-order valence-electron chi connectivity index (χ4n) is 5.40. The van der Waals surface area contributed by atoms with Crippen molar-refractivity contribution >= 4 is 40.8 Å². The molecule has 1 atom stereocenters. The van der Waals surface area contributed by atoms with E-state index in [1.807, 2.05) is 26.0 Å². The highest BCUT2D eigenvalue weighted by molar-refractivity contribution is 6.31. The Balaban J connectivity index is 1.73. The van der Waals surface area contributed by atoms with Crippen molar-refractivity contribution in [1.82, 2.24) is 24.3 Å². The Morgan fingerprint density at radius 2 is 1.80 bits per heavy atom. The van der Waals surface area contributed by atoms with Gasteiger partial charge in [0.25, 0.3) is 5.56 Å². The van der Waals surface area contributed by atoms with Crippen LogP contribution in [0.1, 0.15) is 58.7 Å². The smallest absolute Gasteiger partial charge is 0.356 e. The zero-order valence-corrected chi connectivity index (χ0v) is 29.0. The summed E-state index contributed by atoms with van der Waals surface area (Å²) in [6.07, 6.45) is 2.98. The molecule has 15 heteroatoms. The van der Waals surface area contributed by atoms with Gasteiger partial charge < -0.3 is 29.4 Å². The molecule has 0 aliphatic rings. The van der Waals surface area contributed by atoms with Crippen LogP contribution in [-0.4, -0.2) is 63.7 Å². The zero-order valence-electron chi connectivity index (χ0n) is 27.5. The molecule has 2 N–H and O–H groups in total. The van der Waals surface area contributed by atoms with E-state index in [0.29, 0.717) is 17.4 Å². The summed E-state index contributed by atoms with van der Waals surface area (Å²) >= 11 is 12.6. The molecule has 0 aliphatic heterocycles. The summed E-state index contributed by atoms with van der Waals surface area (Å²) in [7, 11) is 6.53. The molecule has 256 valence electrons. The average molecular weight is 711 g/mol. The number of hydrogen-bond donors (Lipinski definition) is 2. The Morgan fingerprint density at radius 1 is 1.08 bits per heavy atom. The van der Waals surface area contributed by atoms with Gasteiger partial charge in [-0.3, -0.25) is 4.79 Å². The second-order valence-electron chi connectivity index (χ2n) is 11.6. The molecule has 0 saturated carbocycles. The van der Waals surface area contributed by atoms with E-state index >= 15 is 4.39 Å². The van der Waals surface area contributed by atoms with Gasteiger partial charge in [0.2, 0.25) is 11.8 Å². The molecule has 1 unspecified atom stereocenters. The number of aromatic carboxylic acids is 1. The van der Waals surface area contributed by atoms with Gasteiger partial charge >= 0.3 is 5.97 Å². The lowest BCUT2D eigenvalue weighted by Crippen LogP contribution is -2.27. The van der Waals surface area contributed by atoms with Crippen LogP contribution in [0.4, 0.5) is 16.0 Å². The minimum absolute atomic E-state index is 0.0383. The Morgan fingerprint density at radius 3 is 2.39 bits per heavy atom. The maximum absolute atomic E-state index is 15.1. The van der Waals surface area contributed by atoms with Gasteiger partial charge in [0.15, 0.2) is 5.69 Å². The number of ether oxygens (including phenoxy) is 2. The first kappa shape index (κ1) is 35.2. The summed E-state index contributed by atoms with van der Waals surface area (Å²) in [5, 5.41) is 18.3. The standard InChI is InChI=1S/C34H34Cl2FN7O5/c1-18(2)30-27(29(33(46)47)41-44(30)26-15-38-34(42(3)4)40-31(26)49-6)28(20-9-12-23(36)24(37)13-20)39-25-14-21(35)17-43(32(25)45)16-19-7-10-22(48-5)11-8-19/h7-15,17-18,28,39H,16H2,1-6H3,(H,46,47). The first-order chi connectivity index (χ1) is 23.3. The maximum atomic E-state index is 15.1. The Kier molecular flexibility index (Phi) is 10.4. The lowest BCUT2D eigenvalue weighted by Gasteiger charge is -2.24. The van der Waals surface area contributed by atoms with E-state index in [1.165, 1.54) is 47.0 Å². The minimum Gasteiger partial charge on any atom is -0.497 e. The molecule has 0 radical (unpaired) electrons. The van der Waals surface area contributed by atoms with Crippen molar-refractivity contribution in [1.29, 1.82) is 0 Å². The van der Waals surface area contributed by atoms with Gasteiger partial charge in [-0.05, 0) is 47.4 Å². The highest BCUT2D eigenvalue weighted by atomic mass is 35.5. The van der Waals surface area contributed by atoms with E-state index in [0.717, 1.165) is 5.56 Å². The van der Waals surface area contributed by atoms with E-state index < -0.39 is 23.4 Å². The van der Waals surface area contributed by atoms with Crippen molar-refractivity contribution in [2.24, 2.45) is 0 Å². The third kappa shape index (κ3) is 7.32. The van der Waals surface area contributed by atoms with E-state index in [9.17, 15) is 14.7 Å². The molecule has 0 fully saturated rings. The maximum Gasteiger partial charge on any atom is 0.356 e. The summed E-state index contributed by atoms with van der Waals surface area (Å²) < 4.78 is 28.7. The lowest BCUT2D eigenvalue weighted by atomic mass is 9.92. The van der Waals surface area contributed by atoms with Crippen LogP contribution in [-0.2, 0) is 6.54 Å². The van der Waals surface area contributed by atoms with Crippen molar-refractivity contribution in [3.63, 3.8) is 0 Å². The highest BCUT2D eigenvalue weighted by Crippen LogP contribution is 2.38. The minimum atomic E-state index is -1.36. The van der Waals surface area contributed by atoms with Crippen molar-refractivity contribution in [3.8, 4) is 17.3 Å². The van der Waals surface area contributed by atoms with Crippen LogP contribution in [0.3, 0.4) is 0 Å². The van der Waals surface area contributed by atoms with Gasteiger partial charge in [0, 0.05) is 25.9 Å². The van der Waals surface area contributed by atoms with Gasteiger partial charge in [-0.2, -0.15) is 10.1 Å². The van der Waals surface area contributed by atoms with E-state index in [1.54, 1.807) is 44.3 Å². The topological polar surface area (TPSA) is 137 Å². The van der Waals surface area contributed by atoms with Gasteiger partial charge in [-0.1, -0.05) is 55.2 Å². The average Bonchev–Trinajstić information content (AvgIpc) is 3.48. The predicted molar refractivity (Wildman–Crippen MR) is 186 cm³/mol. The third-order valence-electron chi connectivity index (χ3n) is 7.68. The first-order valence-electron chi connectivity index (χ1n) is 15.0. The Bertz CT molecular complexity index is 2070. The van der Waals surface area contributed by atoms with Crippen LogP contribution < -0.4 is 25.2 Å². The fraction of sp³-hybridized carbons (Fsp3) is 0.265. The monoisotopic (exact) mass is 709 g/mol. The first-order valence-corrected chi connectivity index (χ1v) is 15.8. The number of pyridine rings is 1. The Labute approximate surface area is 291 Å². The molecule has 0 spiro atoms. The summed E-state index contributed by atoms with van der Waals surface area (Å²) in [5.41, 5.74) is 1.18. The molecule has 0 saturated heterocycles. The molecule has 0 amide bonds. The number of carboxylic acids is 1. The molecule has 5 rings (SSSR count). The quantitative estimate of drug-likeness (QED) is 0.149. The number of carbonyl (C=O) groups is 1. The molecule has 3 heterocycles. The molecule has 2 aromatic carbocycles. The van der Waals surface area contributed by atoms with Crippen LogP contribution in [0.25, 0.3) is 5.69 Å². The highest BCUT2D eigenvalue weighted by Gasteiger charge is 2.34. The molecule has 0 aliphatic carbocycles. The number of nitrogens with zero attached hydrogens (tertiary/aromatic N) is 6. The number of benzene rings is 2. The van der Waals surface area contributed by atoms with E-state index in [-0.39, 0.29) is 56.6 Å². The predicted octanol–water partition coefficient (Wildman–Crippen LogP) is 6.42. The number of anilines is 2. The molecule has 49 heavy (non-hydrogen) atoms. The van der Waals surface area contributed by atoms with Gasteiger partial charge in [0.05, 0.1) is 48.7 Å². The second kappa shape index (κ2) is 14.5. The number of hydrogen-bond acceptors (Lipinski definition) is 9. The molecular formula is C34H34Cl2FN7O5. The molecule has 5 aromatic rings. The molecule has 3 aromatic heterocycles.